The summed E-state index contributed by atoms with van der Waals surface area (Å²) in [5.74, 6) is -3.16. The first-order chi connectivity index (χ1) is 13.7. The number of nitrogens with one attached hydrogen (secondary N) is 2. The van der Waals surface area contributed by atoms with Gasteiger partial charge in [-0.2, -0.15) is 9.98 Å². The second-order valence-corrected chi connectivity index (χ2v) is 8.80. The molecular weight excluding hydrogens is 421 g/mol. The van der Waals surface area contributed by atoms with Gasteiger partial charge in [-0.05, 0) is 29.5 Å². The number of thiophene rings is 1. The Bertz CT molecular complexity index is 1040. The standard InChI is InChI=1S/C18H18FN3O5S2/c1-11(2)16(22-29(25,26)14-6-4-3-5-13(14)19)18(24)27-10-15(23)21-17-12(9-20)7-8-28-17/h3-8,11,16,22H,10H2,1-2H3,(H,21,23)/t16-/m0/s1. The van der Waals surface area contributed by atoms with E-state index in [4.69, 9.17) is 10.00 Å². The molecule has 0 spiro atoms. The van der Waals surface area contributed by atoms with E-state index in [-0.39, 0.29) is 5.56 Å². The van der Waals surface area contributed by atoms with E-state index in [1.54, 1.807) is 19.2 Å². The average molecular weight is 439 g/mol. The zero-order valence-corrected chi connectivity index (χ0v) is 17.1. The van der Waals surface area contributed by atoms with Crippen LogP contribution < -0.4 is 10.0 Å². The van der Waals surface area contributed by atoms with Crippen LogP contribution in [-0.4, -0.2) is 32.9 Å². The number of anilines is 1. The molecule has 8 nitrogen and oxygen atoms in total. The van der Waals surface area contributed by atoms with Crippen LogP contribution in [0.1, 0.15) is 19.4 Å². The fourth-order valence-corrected chi connectivity index (χ4v) is 4.40. The lowest BCUT2D eigenvalue weighted by atomic mass is 10.1. The maximum absolute atomic E-state index is 13.8. The maximum atomic E-state index is 13.8. The Kier molecular flexibility index (Phi) is 7.44. The summed E-state index contributed by atoms with van der Waals surface area (Å²) in [5, 5.41) is 13.3. The van der Waals surface area contributed by atoms with Crippen molar-refractivity contribution in [3.63, 3.8) is 0 Å². The van der Waals surface area contributed by atoms with E-state index < -0.39 is 51.2 Å². The summed E-state index contributed by atoms with van der Waals surface area (Å²) in [5.41, 5.74) is 0.271. The predicted molar refractivity (Wildman–Crippen MR) is 104 cm³/mol. The minimum atomic E-state index is -4.33. The van der Waals surface area contributed by atoms with Crippen LogP contribution in [-0.2, 0) is 24.3 Å². The maximum Gasteiger partial charge on any atom is 0.324 e. The molecule has 1 heterocycles. The molecule has 0 unspecified atom stereocenters. The van der Waals surface area contributed by atoms with Gasteiger partial charge in [0.25, 0.3) is 5.91 Å². The molecule has 0 radical (unpaired) electrons. The van der Waals surface area contributed by atoms with E-state index in [2.05, 4.69) is 10.0 Å². The van der Waals surface area contributed by atoms with Gasteiger partial charge in [0.05, 0.1) is 5.56 Å². The molecule has 0 saturated heterocycles. The fraction of sp³-hybridized carbons (Fsp3) is 0.278. The number of nitrogens with zero attached hydrogens (tertiary/aromatic N) is 1. The molecule has 0 aliphatic rings. The summed E-state index contributed by atoms with van der Waals surface area (Å²) in [4.78, 5) is 23.7. The van der Waals surface area contributed by atoms with Gasteiger partial charge < -0.3 is 10.1 Å². The van der Waals surface area contributed by atoms with Crippen molar-refractivity contribution in [2.45, 2.75) is 24.8 Å². The zero-order chi connectivity index (χ0) is 21.6. The van der Waals surface area contributed by atoms with E-state index in [0.717, 1.165) is 23.5 Å². The SMILES string of the molecule is CC(C)[C@H](NS(=O)(=O)c1ccccc1F)C(=O)OCC(=O)Nc1sccc1C#N. The minimum Gasteiger partial charge on any atom is -0.454 e. The molecule has 1 amide bonds. The summed E-state index contributed by atoms with van der Waals surface area (Å²) < 4.78 is 45.7. The Morgan fingerprint density at radius 1 is 1.28 bits per heavy atom. The monoisotopic (exact) mass is 439 g/mol. The van der Waals surface area contributed by atoms with E-state index in [1.165, 1.54) is 18.2 Å². The highest BCUT2D eigenvalue weighted by Gasteiger charge is 2.31. The van der Waals surface area contributed by atoms with Crippen LogP contribution in [0.3, 0.4) is 0 Å². The molecule has 0 bridgehead atoms. The smallest absolute Gasteiger partial charge is 0.324 e. The average Bonchev–Trinajstić information content (AvgIpc) is 3.11. The largest absolute Gasteiger partial charge is 0.454 e. The Morgan fingerprint density at radius 2 is 1.97 bits per heavy atom. The molecule has 0 aliphatic heterocycles. The third kappa shape index (κ3) is 5.83. The second-order valence-electron chi connectivity index (χ2n) is 6.20. The lowest BCUT2D eigenvalue weighted by Gasteiger charge is -2.20. The Labute approximate surface area is 171 Å². The summed E-state index contributed by atoms with van der Waals surface area (Å²) >= 11 is 1.13. The van der Waals surface area contributed by atoms with Crippen LogP contribution in [0.25, 0.3) is 0 Å². The molecular formula is C18H18FN3O5S2. The number of hydrogen-bond acceptors (Lipinski definition) is 7. The quantitative estimate of drug-likeness (QED) is 0.608. The summed E-state index contributed by atoms with van der Waals surface area (Å²) in [6, 6.07) is 6.85. The van der Waals surface area contributed by atoms with Gasteiger partial charge in [0.15, 0.2) is 6.61 Å². The lowest BCUT2D eigenvalue weighted by molar-refractivity contribution is -0.150. The normalized spacial score (nSPS) is 12.2. The Hall–Kier alpha value is -2.81. The van der Waals surface area contributed by atoms with E-state index >= 15 is 0 Å². The molecule has 2 aromatic rings. The van der Waals surface area contributed by atoms with Gasteiger partial charge in [-0.1, -0.05) is 26.0 Å². The molecule has 0 aliphatic carbocycles. The van der Waals surface area contributed by atoms with Crippen molar-refractivity contribution < 1.29 is 27.1 Å². The second kappa shape index (κ2) is 9.60. The van der Waals surface area contributed by atoms with E-state index in [0.29, 0.717) is 5.00 Å². The number of nitriles is 1. The van der Waals surface area contributed by atoms with E-state index in [9.17, 15) is 22.4 Å². The van der Waals surface area contributed by atoms with E-state index in [1.807, 2.05) is 6.07 Å². The van der Waals surface area contributed by atoms with Gasteiger partial charge >= 0.3 is 5.97 Å². The number of sulfonamides is 1. The molecule has 1 aromatic heterocycles. The van der Waals surface area contributed by atoms with Crippen molar-refractivity contribution in [1.82, 2.24) is 4.72 Å². The number of rotatable bonds is 8. The molecule has 1 aromatic carbocycles. The first-order valence-electron chi connectivity index (χ1n) is 8.36. The van der Waals surface area contributed by atoms with Crippen LogP contribution in [0, 0.1) is 23.1 Å². The van der Waals surface area contributed by atoms with Gasteiger partial charge in [0.1, 0.15) is 27.8 Å². The summed E-state index contributed by atoms with van der Waals surface area (Å²) in [7, 11) is -4.33. The number of ether oxygens (including phenoxy) is 1. The Balaban J connectivity index is 2.03. The summed E-state index contributed by atoms with van der Waals surface area (Å²) in [6.45, 7) is 2.47. The minimum absolute atomic E-state index is 0.271. The number of halogens is 1. The van der Waals surface area contributed by atoms with Crippen LogP contribution in [0.5, 0.6) is 0 Å². The number of hydrogen-bond donors (Lipinski definition) is 2. The van der Waals surface area contributed by atoms with Crippen molar-refractivity contribution in [2.24, 2.45) is 5.92 Å². The van der Waals surface area contributed by atoms with Crippen molar-refractivity contribution >= 4 is 38.2 Å². The van der Waals surface area contributed by atoms with Gasteiger partial charge in [-0.3, -0.25) is 9.59 Å². The number of benzene rings is 1. The molecule has 0 fully saturated rings. The highest BCUT2D eigenvalue weighted by Crippen LogP contribution is 2.22. The predicted octanol–water partition coefficient (Wildman–Crippen LogP) is 2.24. The Morgan fingerprint density at radius 3 is 2.59 bits per heavy atom. The first kappa shape index (κ1) is 22.5. The highest BCUT2D eigenvalue weighted by atomic mass is 32.2. The van der Waals surface area contributed by atoms with Gasteiger partial charge in [0.2, 0.25) is 10.0 Å². The lowest BCUT2D eigenvalue weighted by Crippen LogP contribution is -2.46. The zero-order valence-electron chi connectivity index (χ0n) is 15.5. The van der Waals surface area contributed by atoms with Crippen LogP contribution in [0.15, 0.2) is 40.6 Å². The van der Waals surface area contributed by atoms with Crippen LogP contribution >= 0.6 is 11.3 Å². The van der Waals surface area contributed by atoms with Crippen molar-refractivity contribution in [3.8, 4) is 6.07 Å². The molecule has 1 atom stereocenters. The summed E-state index contributed by atoms with van der Waals surface area (Å²) in [6.07, 6.45) is 0. The molecule has 154 valence electrons. The van der Waals surface area contributed by atoms with Crippen LogP contribution in [0.4, 0.5) is 9.39 Å². The van der Waals surface area contributed by atoms with Crippen molar-refractivity contribution in [1.29, 1.82) is 5.26 Å². The number of esters is 1. The highest BCUT2D eigenvalue weighted by molar-refractivity contribution is 7.89. The van der Waals surface area contributed by atoms with Crippen LogP contribution in [0.2, 0.25) is 0 Å². The van der Waals surface area contributed by atoms with Gasteiger partial charge in [-0.25, -0.2) is 12.8 Å². The number of carbonyl (C=O) groups is 2. The molecule has 0 saturated carbocycles. The van der Waals surface area contributed by atoms with Gasteiger partial charge in [-0.15, -0.1) is 11.3 Å². The van der Waals surface area contributed by atoms with Crippen molar-refractivity contribution in [2.75, 3.05) is 11.9 Å². The molecule has 11 heteroatoms. The fourth-order valence-electron chi connectivity index (χ4n) is 2.23. The van der Waals surface area contributed by atoms with Gasteiger partial charge in [0, 0.05) is 0 Å². The first-order valence-corrected chi connectivity index (χ1v) is 10.7. The number of carbonyl (C=O) groups excluding carboxylic acids is 2. The third-order valence-electron chi connectivity index (χ3n) is 3.71. The topological polar surface area (TPSA) is 125 Å². The number of amides is 1. The molecule has 29 heavy (non-hydrogen) atoms. The van der Waals surface area contributed by atoms with Crippen molar-refractivity contribution in [3.05, 3.63) is 47.1 Å². The third-order valence-corrected chi connectivity index (χ3v) is 6.02. The molecule has 2 rings (SSSR count). The molecule has 2 N–H and O–H groups in total.